The molecular weight excluding hydrogens is 240 g/mol. The number of hydrogen-bond acceptors (Lipinski definition) is 3. The highest BCUT2D eigenvalue weighted by molar-refractivity contribution is 7.99. The van der Waals surface area contributed by atoms with Gasteiger partial charge in [0.25, 0.3) is 0 Å². The Morgan fingerprint density at radius 1 is 1.19 bits per heavy atom. The van der Waals surface area contributed by atoms with Crippen molar-refractivity contribution in [3.8, 4) is 0 Å². The van der Waals surface area contributed by atoms with Crippen LogP contribution >= 0.6 is 23.4 Å². The average Bonchev–Trinajstić information content (AvgIpc) is 2.28. The van der Waals surface area contributed by atoms with E-state index in [1.54, 1.807) is 11.8 Å². The van der Waals surface area contributed by atoms with Crippen LogP contribution in [-0.2, 0) is 0 Å². The Morgan fingerprint density at radius 2 is 1.88 bits per heavy atom. The van der Waals surface area contributed by atoms with Crippen LogP contribution in [0.1, 0.15) is 13.8 Å². The van der Waals surface area contributed by atoms with Gasteiger partial charge in [-0.25, -0.2) is 0 Å². The van der Waals surface area contributed by atoms with Crippen LogP contribution in [0.2, 0.25) is 5.15 Å². The Bertz CT molecular complexity index is 499. The Hall–Kier alpha value is -0.800. The van der Waals surface area contributed by atoms with Crippen molar-refractivity contribution in [2.24, 2.45) is 5.92 Å². The van der Waals surface area contributed by atoms with Gasteiger partial charge in [-0.15, -0.1) is 22.0 Å². The second-order valence-corrected chi connectivity index (χ2v) is 5.41. The monoisotopic (exact) mass is 252 g/mol. The minimum absolute atomic E-state index is 0.476. The molecule has 0 radical (unpaired) electrons. The number of hydrogen-bond donors (Lipinski definition) is 0. The summed E-state index contributed by atoms with van der Waals surface area (Å²) in [5, 5.41) is 11.7. The summed E-state index contributed by atoms with van der Waals surface area (Å²) in [5.41, 5.74) is 0. The van der Waals surface area contributed by atoms with Gasteiger partial charge in [-0.3, -0.25) is 0 Å². The number of fused-ring (bicyclic) bond motifs is 1. The van der Waals surface area contributed by atoms with Crippen molar-refractivity contribution in [1.82, 2.24) is 10.2 Å². The van der Waals surface area contributed by atoms with Gasteiger partial charge in [0.15, 0.2) is 5.15 Å². The molecule has 0 spiro atoms. The van der Waals surface area contributed by atoms with Crippen LogP contribution < -0.4 is 0 Å². The van der Waals surface area contributed by atoms with E-state index >= 15 is 0 Å². The smallest absolute Gasteiger partial charge is 0.142 e. The number of benzene rings is 1. The molecule has 16 heavy (non-hydrogen) atoms. The molecule has 0 aliphatic rings. The van der Waals surface area contributed by atoms with E-state index in [1.165, 1.54) is 0 Å². The zero-order valence-electron chi connectivity index (χ0n) is 9.27. The highest BCUT2D eigenvalue weighted by Crippen LogP contribution is 2.29. The van der Waals surface area contributed by atoms with Gasteiger partial charge in [-0.05, 0) is 5.92 Å². The van der Waals surface area contributed by atoms with Gasteiger partial charge in [-0.1, -0.05) is 49.7 Å². The van der Waals surface area contributed by atoms with Gasteiger partial charge in [-0.2, -0.15) is 0 Å². The molecule has 2 aromatic rings. The van der Waals surface area contributed by atoms with Crippen LogP contribution in [0.4, 0.5) is 0 Å². The second kappa shape index (κ2) is 5.02. The summed E-state index contributed by atoms with van der Waals surface area (Å²) in [6.07, 6.45) is 0. The molecule has 1 aromatic carbocycles. The summed E-state index contributed by atoms with van der Waals surface area (Å²) in [7, 11) is 0. The van der Waals surface area contributed by atoms with Gasteiger partial charge >= 0.3 is 0 Å². The van der Waals surface area contributed by atoms with E-state index in [4.69, 9.17) is 11.6 Å². The largest absolute Gasteiger partial charge is 0.159 e. The van der Waals surface area contributed by atoms with Gasteiger partial charge in [0.2, 0.25) is 0 Å². The summed E-state index contributed by atoms with van der Waals surface area (Å²) in [6, 6.07) is 7.98. The van der Waals surface area contributed by atoms with Crippen molar-refractivity contribution in [3.05, 3.63) is 29.4 Å². The van der Waals surface area contributed by atoms with Crippen molar-refractivity contribution in [3.63, 3.8) is 0 Å². The first-order valence-electron chi connectivity index (χ1n) is 5.22. The molecule has 0 fully saturated rings. The first kappa shape index (κ1) is 11.7. The normalized spacial score (nSPS) is 11.2. The topological polar surface area (TPSA) is 25.8 Å². The molecular formula is C12H13ClN2S. The molecule has 0 amide bonds. The number of aromatic nitrogens is 2. The minimum atomic E-state index is 0.476. The summed E-state index contributed by atoms with van der Waals surface area (Å²) in [4.78, 5) is 0. The molecule has 84 valence electrons. The van der Waals surface area contributed by atoms with E-state index in [2.05, 4.69) is 24.0 Å². The molecule has 0 saturated carbocycles. The lowest BCUT2D eigenvalue weighted by Crippen LogP contribution is -1.94. The average molecular weight is 253 g/mol. The lowest BCUT2D eigenvalue weighted by molar-refractivity contribution is 0.749. The third kappa shape index (κ3) is 2.47. The van der Waals surface area contributed by atoms with Gasteiger partial charge in [0, 0.05) is 16.5 Å². The first-order valence-corrected chi connectivity index (χ1v) is 6.58. The first-order chi connectivity index (χ1) is 7.68. The zero-order chi connectivity index (χ0) is 11.5. The molecule has 2 nitrogen and oxygen atoms in total. The molecule has 4 heteroatoms. The fourth-order valence-electron chi connectivity index (χ4n) is 1.40. The van der Waals surface area contributed by atoms with E-state index in [0.717, 1.165) is 21.6 Å². The maximum Gasteiger partial charge on any atom is 0.159 e. The highest BCUT2D eigenvalue weighted by atomic mass is 35.5. The van der Waals surface area contributed by atoms with E-state index in [9.17, 15) is 0 Å². The molecule has 0 unspecified atom stereocenters. The van der Waals surface area contributed by atoms with Crippen LogP contribution in [0.5, 0.6) is 0 Å². The van der Waals surface area contributed by atoms with Gasteiger partial charge < -0.3 is 0 Å². The second-order valence-electron chi connectivity index (χ2n) is 4.05. The Kier molecular flexibility index (Phi) is 3.66. The molecule has 1 heterocycles. The summed E-state index contributed by atoms with van der Waals surface area (Å²) < 4.78 is 0. The predicted octanol–water partition coefficient (Wildman–Crippen LogP) is 4.03. The van der Waals surface area contributed by atoms with E-state index in [-0.39, 0.29) is 0 Å². The SMILES string of the molecule is CC(C)CSc1nnc(Cl)c2ccccc12. The number of thioether (sulfide) groups is 1. The maximum atomic E-state index is 6.01. The summed E-state index contributed by atoms with van der Waals surface area (Å²) in [5.74, 6) is 1.68. The van der Waals surface area contributed by atoms with E-state index in [0.29, 0.717) is 11.1 Å². The zero-order valence-corrected chi connectivity index (χ0v) is 10.8. The third-order valence-corrected chi connectivity index (χ3v) is 3.85. The lowest BCUT2D eigenvalue weighted by Gasteiger charge is -2.06. The highest BCUT2D eigenvalue weighted by Gasteiger charge is 2.08. The van der Waals surface area contributed by atoms with Gasteiger partial charge in [0.05, 0.1) is 0 Å². The van der Waals surface area contributed by atoms with Crippen molar-refractivity contribution >= 4 is 34.1 Å². The van der Waals surface area contributed by atoms with Crippen LogP contribution in [-0.4, -0.2) is 16.0 Å². The van der Waals surface area contributed by atoms with Crippen molar-refractivity contribution < 1.29 is 0 Å². The molecule has 0 aliphatic carbocycles. The Labute approximate surface area is 104 Å². The summed E-state index contributed by atoms with van der Waals surface area (Å²) in [6.45, 7) is 4.39. The molecule has 0 N–H and O–H groups in total. The van der Waals surface area contributed by atoms with Crippen molar-refractivity contribution in [1.29, 1.82) is 0 Å². The molecule has 0 saturated heterocycles. The lowest BCUT2D eigenvalue weighted by atomic mass is 10.2. The maximum absolute atomic E-state index is 6.01. The minimum Gasteiger partial charge on any atom is -0.142 e. The Morgan fingerprint density at radius 3 is 2.56 bits per heavy atom. The predicted molar refractivity (Wildman–Crippen MR) is 70.1 cm³/mol. The number of nitrogens with zero attached hydrogens (tertiary/aromatic N) is 2. The fourth-order valence-corrected chi connectivity index (χ4v) is 2.52. The third-order valence-electron chi connectivity index (χ3n) is 2.16. The quantitative estimate of drug-likeness (QED) is 0.772. The molecule has 0 atom stereocenters. The molecule has 2 rings (SSSR count). The summed E-state index contributed by atoms with van der Waals surface area (Å²) >= 11 is 7.74. The fraction of sp³-hybridized carbons (Fsp3) is 0.333. The van der Waals surface area contributed by atoms with Crippen LogP contribution in [0.25, 0.3) is 10.8 Å². The van der Waals surface area contributed by atoms with Gasteiger partial charge in [0.1, 0.15) is 5.03 Å². The Balaban J connectivity index is 2.42. The van der Waals surface area contributed by atoms with Crippen molar-refractivity contribution in [2.45, 2.75) is 18.9 Å². The van der Waals surface area contributed by atoms with E-state index in [1.807, 2.05) is 24.3 Å². The standard InChI is InChI=1S/C12H13ClN2S/c1-8(2)7-16-12-10-6-4-3-5-9(10)11(13)14-15-12/h3-6,8H,7H2,1-2H3. The van der Waals surface area contributed by atoms with Crippen LogP contribution in [0, 0.1) is 5.92 Å². The number of halogens is 1. The van der Waals surface area contributed by atoms with Crippen LogP contribution in [0.15, 0.2) is 29.3 Å². The van der Waals surface area contributed by atoms with E-state index < -0.39 is 0 Å². The van der Waals surface area contributed by atoms with Crippen molar-refractivity contribution in [2.75, 3.05) is 5.75 Å². The number of rotatable bonds is 3. The molecule has 1 aromatic heterocycles. The molecule has 0 aliphatic heterocycles. The van der Waals surface area contributed by atoms with Crippen LogP contribution in [0.3, 0.4) is 0 Å². The molecule has 0 bridgehead atoms.